The molecule has 0 bridgehead atoms. The Kier molecular flexibility index (Phi) is 6.77. The molecule has 5 atom stereocenters. The summed E-state index contributed by atoms with van der Waals surface area (Å²) in [6.45, 7) is 3.00. The highest BCUT2D eigenvalue weighted by Gasteiger charge is 2.44. The number of anilines is 1. The SMILES string of the molecule is Cc1ccc(-c2ccc([C@@H]3O[C@H](CO)[C@@H](O)[C@H](O)[C@H]3O)cc2Cc2ccc3c(c2)NCCO3)cc1. The van der Waals surface area contributed by atoms with Crippen LogP contribution in [-0.4, -0.2) is 64.6 Å². The van der Waals surface area contributed by atoms with Gasteiger partial charge >= 0.3 is 0 Å². The van der Waals surface area contributed by atoms with Gasteiger partial charge in [0.1, 0.15) is 42.9 Å². The maximum absolute atomic E-state index is 10.7. The number of hydrogen-bond acceptors (Lipinski definition) is 7. The molecular formula is C28H31NO6. The Balaban J connectivity index is 1.53. The van der Waals surface area contributed by atoms with E-state index in [0.29, 0.717) is 18.6 Å². The molecule has 7 nitrogen and oxygen atoms in total. The second-order valence-corrected chi connectivity index (χ2v) is 9.31. The number of fused-ring (bicyclic) bond motifs is 1. The van der Waals surface area contributed by atoms with E-state index < -0.39 is 37.1 Å². The highest BCUT2D eigenvalue weighted by atomic mass is 16.5. The van der Waals surface area contributed by atoms with E-state index in [0.717, 1.165) is 40.2 Å². The van der Waals surface area contributed by atoms with Crippen molar-refractivity contribution in [2.75, 3.05) is 25.1 Å². The summed E-state index contributed by atoms with van der Waals surface area (Å²) in [6, 6.07) is 20.3. The monoisotopic (exact) mass is 477 g/mol. The second-order valence-electron chi connectivity index (χ2n) is 9.31. The molecule has 2 aliphatic heterocycles. The molecule has 35 heavy (non-hydrogen) atoms. The molecule has 5 N–H and O–H groups in total. The summed E-state index contributed by atoms with van der Waals surface area (Å²) in [5, 5.41) is 44.1. The molecule has 0 radical (unpaired) electrons. The summed E-state index contributed by atoms with van der Waals surface area (Å²) >= 11 is 0. The van der Waals surface area contributed by atoms with Gasteiger partial charge in [-0.2, -0.15) is 0 Å². The van der Waals surface area contributed by atoms with Crippen LogP contribution in [0.4, 0.5) is 5.69 Å². The molecule has 0 unspecified atom stereocenters. The van der Waals surface area contributed by atoms with Crippen molar-refractivity contribution < 1.29 is 29.9 Å². The number of rotatable bonds is 5. The third-order valence-corrected chi connectivity index (χ3v) is 6.83. The maximum atomic E-state index is 10.7. The van der Waals surface area contributed by atoms with Crippen molar-refractivity contribution in [3.63, 3.8) is 0 Å². The number of aliphatic hydroxyl groups is 4. The van der Waals surface area contributed by atoms with Gasteiger partial charge in [0.2, 0.25) is 0 Å². The van der Waals surface area contributed by atoms with Crippen LogP contribution in [-0.2, 0) is 11.2 Å². The zero-order chi connectivity index (χ0) is 24.5. The van der Waals surface area contributed by atoms with Gasteiger partial charge in [-0.1, -0.05) is 54.1 Å². The number of aryl methyl sites for hydroxylation is 1. The van der Waals surface area contributed by atoms with Crippen LogP contribution in [0, 0.1) is 6.92 Å². The zero-order valence-electron chi connectivity index (χ0n) is 19.6. The Hall–Kier alpha value is -2.94. The molecule has 2 aliphatic rings. The van der Waals surface area contributed by atoms with Crippen LogP contribution in [0.1, 0.15) is 28.4 Å². The summed E-state index contributed by atoms with van der Waals surface area (Å²) in [4.78, 5) is 0. The van der Waals surface area contributed by atoms with Gasteiger partial charge in [0, 0.05) is 6.54 Å². The van der Waals surface area contributed by atoms with Gasteiger partial charge in [0.05, 0.1) is 12.3 Å². The largest absolute Gasteiger partial charge is 0.490 e. The molecule has 2 heterocycles. The lowest BCUT2D eigenvalue weighted by atomic mass is 9.87. The third-order valence-electron chi connectivity index (χ3n) is 6.83. The average Bonchev–Trinajstić information content (AvgIpc) is 2.88. The summed E-state index contributed by atoms with van der Waals surface area (Å²) in [5.41, 5.74) is 7.07. The molecule has 0 aromatic heterocycles. The Bertz CT molecular complexity index is 1180. The van der Waals surface area contributed by atoms with Crippen molar-refractivity contribution in [3.8, 4) is 16.9 Å². The van der Waals surface area contributed by atoms with Crippen molar-refractivity contribution in [2.45, 2.75) is 43.9 Å². The topological polar surface area (TPSA) is 111 Å². The fraction of sp³-hybridized carbons (Fsp3) is 0.357. The van der Waals surface area contributed by atoms with E-state index in [2.05, 4.69) is 42.6 Å². The van der Waals surface area contributed by atoms with Gasteiger partial charge < -0.3 is 35.2 Å². The highest BCUT2D eigenvalue weighted by molar-refractivity contribution is 5.69. The van der Waals surface area contributed by atoms with Crippen molar-refractivity contribution in [3.05, 3.63) is 82.9 Å². The third kappa shape index (κ3) is 4.78. The number of benzene rings is 3. The van der Waals surface area contributed by atoms with E-state index in [1.807, 2.05) is 30.3 Å². The summed E-state index contributed by atoms with van der Waals surface area (Å²) in [5.74, 6) is 0.842. The van der Waals surface area contributed by atoms with Crippen molar-refractivity contribution in [2.24, 2.45) is 0 Å². The number of ether oxygens (including phenoxy) is 2. The van der Waals surface area contributed by atoms with Crippen molar-refractivity contribution in [1.29, 1.82) is 0 Å². The van der Waals surface area contributed by atoms with E-state index in [1.54, 1.807) is 0 Å². The van der Waals surface area contributed by atoms with Crippen LogP contribution in [0.25, 0.3) is 11.1 Å². The van der Waals surface area contributed by atoms with Crippen LogP contribution in [0.3, 0.4) is 0 Å². The fourth-order valence-corrected chi connectivity index (χ4v) is 4.85. The number of nitrogens with one attached hydrogen (secondary N) is 1. The predicted molar refractivity (Wildman–Crippen MR) is 133 cm³/mol. The molecule has 0 amide bonds. The molecule has 7 heteroatoms. The first-order valence-electron chi connectivity index (χ1n) is 11.9. The number of aliphatic hydroxyl groups excluding tert-OH is 4. The van der Waals surface area contributed by atoms with Crippen LogP contribution in [0.15, 0.2) is 60.7 Å². The highest BCUT2D eigenvalue weighted by Crippen LogP contribution is 2.36. The zero-order valence-corrected chi connectivity index (χ0v) is 19.6. The molecule has 1 fully saturated rings. The summed E-state index contributed by atoms with van der Waals surface area (Å²) in [7, 11) is 0. The van der Waals surface area contributed by atoms with Crippen LogP contribution in [0.2, 0.25) is 0 Å². The lowest BCUT2D eigenvalue weighted by Crippen LogP contribution is -2.55. The Morgan fingerprint density at radius 2 is 1.71 bits per heavy atom. The smallest absolute Gasteiger partial charge is 0.142 e. The first-order valence-corrected chi connectivity index (χ1v) is 11.9. The fourth-order valence-electron chi connectivity index (χ4n) is 4.85. The molecule has 0 aliphatic carbocycles. The molecule has 5 rings (SSSR count). The van der Waals surface area contributed by atoms with E-state index in [9.17, 15) is 20.4 Å². The van der Waals surface area contributed by atoms with Crippen LogP contribution >= 0.6 is 0 Å². The maximum Gasteiger partial charge on any atom is 0.142 e. The quantitative estimate of drug-likeness (QED) is 0.384. The summed E-state index contributed by atoms with van der Waals surface area (Å²) < 4.78 is 11.5. The first-order chi connectivity index (χ1) is 16.9. The van der Waals surface area contributed by atoms with E-state index in [-0.39, 0.29) is 0 Å². The Morgan fingerprint density at radius 3 is 2.49 bits per heavy atom. The van der Waals surface area contributed by atoms with E-state index in [4.69, 9.17) is 9.47 Å². The molecule has 184 valence electrons. The van der Waals surface area contributed by atoms with Gasteiger partial charge in [-0.05, 0) is 53.3 Å². The van der Waals surface area contributed by atoms with Gasteiger partial charge in [-0.25, -0.2) is 0 Å². The molecule has 3 aromatic rings. The van der Waals surface area contributed by atoms with Gasteiger partial charge in [0.15, 0.2) is 0 Å². The number of hydrogen-bond donors (Lipinski definition) is 5. The lowest BCUT2D eigenvalue weighted by Gasteiger charge is -2.40. The Morgan fingerprint density at radius 1 is 0.914 bits per heavy atom. The lowest BCUT2D eigenvalue weighted by molar-refractivity contribution is -0.231. The summed E-state index contributed by atoms with van der Waals surface area (Å²) in [6.07, 6.45) is -5.33. The Labute approximate surface area is 204 Å². The molecule has 1 saturated heterocycles. The van der Waals surface area contributed by atoms with Crippen LogP contribution < -0.4 is 10.1 Å². The minimum Gasteiger partial charge on any atom is -0.490 e. The van der Waals surface area contributed by atoms with Crippen molar-refractivity contribution in [1.82, 2.24) is 0 Å². The van der Waals surface area contributed by atoms with Gasteiger partial charge in [-0.15, -0.1) is 0 Å². The standard InChI is InChI=1S/C28H31NO6/c1-16-2-5-18(6-3-16)21-8-7-19(28-27(33)26(32)25(31)24(15-30)35-28)14-20(21)12-17-4-9-23-22(13-17)29-10-11-34-23/h2-9,13-14,24-33H,10-12,15H2,1H3/t24-,25-,26+,27-,28+/m1/s1. The molecule has 0 spiro atoms. The van der Waals surface area contributed by atoms with Gasteiger partial charge in [0.25, 0.3) is 0 Å². The molecular weight excluding hydrogens is 446 g/mol. The molecule has 0 saturated carbocycles. The first kappa shape index (κ1) is 23.8. The minimum atomic E-state index is -1.42. The predicted octanol–water partition coefficient (Wildman–Crippen LogP) is 2.57. The minimum absolute atomic E-state index is 0.458. The molecule has 3 aromatic carbocycles. The van der Waals surface area contributed by atoms with Gasteiger partial charge in [-0.3, -0.25) is 0 Å². The van der Waals surface area contributed by atoms with E-state index in [1.165, 1.54) is 5.56 Å². The van der Waals surface area contributed by atoms with Crippen LogP contribution in [0.5, 0.6) is 5.75 Å². The van der Waals surface area contributed by atoms with Crippen molar-refractivity contribution >= 4 is 5.69 Å². The normalized spacial score (nSPS) is 25.9. The second kappa shape index (κ2) is 9.97. The average molecular weight is 478 g/mol. The van der Waals surface area contributed by atoms with E-state index >= 15 is 0 Å².